The third-order valence-electron chi connectivity index (χ3n) is 3.67. The van der Waals surface area contributed by atoms with Gasteiger partial charge in [0, 0.05) is 6.54 Å². The molecule has 4 heteroatoms. The average molecular weight is 317 g/mol. The number of aryl methyl sites for hydroxylation is 2. The molecule has 0 aliphatic heterocycles. The summed E-state index contributed by atoms with van der Waals surface area (Å²) in [6.45, 7) is 7.14. The fourth-order valence-corrected chi connectivity index (χ4v) is 2.68. The van der Waals surface area contributed by atoms with Crippen molar-refractivity contribution in [3.05, 3.63) is 59.9 Å². The molecule has 1 unspecified atom stereocenters. The Kier molecular flexibility index (Phi) is 5.09. The molecule has 1 aromatic heterocycles. The Balaban J connectivity index is 0.00000176. The number of nitrogens with zero attached hydrogens (tertiary/aromatic N) is 2. The number of hydrogen-bond donors (Lipinski definition) is 0. The van der Waals surface area contributed by atoms with Crippen molar-refractivity contribution in [3.8, 4) is 5.75 Å². The van der Waals surface area contributed by atoms with Crippen LogP contribution in [-0.2, 0) is 6.54 Å². The van der Waals surface area contributed by atoms with Crippen LogP contribution in [0.1, 0.15) is 31.3 Å². The summed E-state index contributed by atoms with van der Waals surface area (Å²) in [6.07, 6.45) is -0.0841. The van der Waals surface area contributed by atoms with Gasteiger partial charge in [0.15, 0.2) is 11.9 Å². The quantitative estimate of drug-likeness (QED) is 0.682. The molecule has 22 heavy (non-hydrogen) atoms. The maximum absolute atomic E-state index is 6.07. The molecule has 3 rings (SSSR count). The molecule has 116 valence electrons. The van der Waals surface area contributed by atoms with Crippen molar-refractivity contribution in [2.45, 2.75) is 33.4 Å². The van der Waals surface area contributed by atoms with Gasteiger partial charge in [-0.05, 0) is 50.6 Å². The van der Waals surface area contributed by atoms with E-state index in [9.17, 15) is 0 Å². The molecule has 0 saturated carbocycles. The van der Waals surface area contributed by atoms with Gasteiger partial charge < -0.3 is 9.30 Å². The van der Waals surface area contributed by atoms with Gasteiger partial charge in [0.2, 0.25) is 0 Å². The highest BCUT2D eigenvalue weighted by Gasteiger charge is 2.17. The summed E-state index contributed by atoms with van der Waals surface area (Å²) < 4.78 is 8.29. The molecule has 3 aromatic rings. The highest BCUT2D eigenvalue weighted by Crippen LogP contribution is 2.25. The van der Waals surface area contributed by atoms with Crippen LogP contribution >= 0.6 is 12.4 Å². The first-order valence-corrected chi connectivity index (χ1v) is 7.37. The van der Waals surface area contributed by atoms with Gasteiger partial charge in [-0.1, -0.05) is 24.3 Å². The number of aromatic nitrogens is 2. The number of rotatable bonds is 4. The normalized spacial score (nSPS) is 12.0. The summed E-state index contributed by atoms with van der Waals surface area (Å²) in [5, 5.41) is 0. The summed E-state index contributed by atoms with van der Waals surface area (Å²) in [5.41, 5.74) is 3.38. The van der Waals surface area contributed by atoms with Crippen LogP contribution in [0.25, 0.3) is 11.0 Å². The second kappa shape index (κ2) is 6.84. The number of benzene rings is 2. The fourth-order valence-electron chi connectivity index (χ4n) is 2.68. The largest absolute Gasteiger partial charge is 0.483 e. The lowest BCUT2D eigenvalue weighted by atomic mass is 10.2. The standard InChI is InChI=1S/C18H20N2O.ClH/c1-4-20-17-11-6-5-10-16(17)19-18(20)14(3)21-15-9-7-8-13(2)12-15;/h5-12,14H,4H2,1-3H3;1H. The van der Waals surface area contributed by atoms with Gasteiger partial charge in [0.25, 0.3) is 0 Å². The molecular weight excluding hydrogens is 296 g/mol. The van der Waals surface area contributed by atoms with Gasteiger partial charge in [-0.25, -0.2) is 4.98 Å². The van der Waals surface area contributed by atoms with Crippen LogP contribution < -0.4 is 4.74 Å². The average Bonchev–Trinajstić information content (AvgIpc) is 2.86. The number of fused-ring (bicyclic) bond motifs is 1. The third-order valence-corrected chi connectivity index (χ3v) is 3.67. The second-order valence-corrected chi connectivity index (χ2v) is 5.28. The molecule has 1 atom stereocenters. The molecule has 0 bridgehead atoms. The van der Waals surface area contributed by atoms with Crippen LogP contribution in [0.4, 0.5) is 0 Å². The van der Waals surface area contributed by atoms with Gasteiger partial charge in [0.1, 0.15) is 5.75 Å². The van der Waals surface area contributed by atoms with Crippen molar-refractivity contribution in [1.29, 1.82) is 0 Å². The van der Waals surface area contributed by atoms with Crippen LogP contribution in [0.2, 0.25) is 0 Å². The van der Waals surface area contributed by atoms with E-state index in [1.165, 1.54) is 5.56 Å². The number of para-hydroxylation sites is 2. The fraction of sp³-hybridized carbons (Fsp3) is 0.278. The summed E-state index contributed by atoms with van der Waals surface area (Å²) in [5.74, 6) is 1.86. The molecule has 0 fully saturated rings. The van der Waals surface area contributed by atoms with E-state index in [4.69, 9.17) is 9.72 Å². The molecule has 3 nitrogen and oxygen atoms in total. The first-order chi connectivity index (χ1) is 10.2. The van der Waals surface area contributed by atoms with Crippen molar-refractivity contribution >= 4 is 23.4 Å². The molecule has 0 radical (unpaired) electrons. The minimum atomic E-state index is -0.0841. The van der Waals surface area contributed by atoms with Crippen molar-refractivity contribution in [2.24, 2.45) is 0 Å². The van der Waals surface area contributed by atoms with Gasteiger partial charge in [-0.15, -0.1) is 12.4 Å². The van der Waals surface area contributed by atoms with Crippen LogP contribution in [0.5, 0.6) is 5.75 Å². The maximum Gasteiger partial charge on any atom is 0.153 e. The predicted molar refractivity (Wildman–Crippen MR) is 92.9 cm³/mol. The van der Waals surface area contributed by atoms with Crippen molar-refractivity contribution in [2.75, 3.05) is 0 Å². The van der Waals surface area contributed by atoms with Crippen molar-refractivity contribution < 1.29 is 4.74 Å². The van der Waals surface area contributed by atoms with Crippen LogP contribution in [0.3, 0.4) is 0 Å². The lowest BCUT2D eigenvalue weighted by Gasteiger charge is -2.16. The number of ether oxygens (including phenoxy) is 1. The number of imidazole rings is 1. The molecule has 0 saturated heterocycles. The van der Waals surface area contributed by atoms with Gasteiger partial charge in [-0.2, -0.15) is 0 Å². The zero-order valence-corrected chi connectivity index (χ0v) is 13.9. The molecule has 1 heterocycles. The summed E-state index contributed by atoms with van der Waals surface area (Å²) in [7, 11) is 0. The maximum atomic E-state index is 6.07. The Bertz CT molecular complexity index is 767. The van der Waals surface area contributed by atoms with Crippen LogP contribution in [-0.4, -0.2) is 9.55 Å². The Labute approximate surface area is 137 Å². The van der Waals surface area contributed by atoms with Crippen LogP contribution in [0.15, 0.2) is 48.5 Å². The monoisotopic (exact) mass is 316 g/mol. The molecule has 0 aliphatic rings. The SMILES string of the molecule is CCn1c(C(C)Oc2cccc(C)c2)nc2ccccc21.Cl. The lowest BCUT2D eigenvalue weighted by Crippen LogP contribution is -2.11. The Morgan fingerprint density at radius 2 is 1.91 bits per heavy atom. The second-order valence-electron chi connectivity index (χ2n) is 5.28. The zero-order chi connectivity index (χ0) is 14.8. The minimum Gasteiger partial charge on any atom is -0.483 e. The van der Waals surface area contributed by atoms with E-state index in [0.717, 1.165) is 29.2 Å². The zero-order valence-electron chi connectivity index (χ0n) is 13.1. The molecule has 0 spiro atoms. The van der Waals surface area contributed by atoms with Crippen molar-refractivity contribution in [1.82, 2.24) is 9.55 Å². The number of hydrogen-bond acceptors (Lipinski definition) is 2. The van der Waals surface area contributed by atoms with Crippen LogP contribution in [0, 0.1) is 6.92 Å². The highest BCUT2D eigenvalue weighted by molar-refractivity contribution is 5.85. The van der Waals surface area contributed by atoms with E-state index in [1.807, 2.05) is 30.3 Å². The van der Waals surface area contributed by atoms with E-state index in [0.29, 0.717) is 0 Å². The Hall–Kier alpha value is -2.00. The van der Waals surface area contributed by atoms with E-state index in [2.05, 4.69) is 43.5 Å². The van der Waals surface area contributed by atoms with E-state index in [1.54, 1.807) is 0 Å². The molecular formula is C18H21ClN2O. The van der Waals surface area contributed by atoms with Gasteiger partial charge in [0.05, 0.1) is 11.0 Å². The molecule has 0 amide bonds. The topological polar surface area (TPSA) is 27.1 Å². The van der Waals surface area contributed by atoms with E-state index in [-0.39, 0.29) is 18.5 Å². The summed E-state index contributed by atoms with van der Waals surface area (Å²) in [4.78, 5) is 4.74. The minimum absolute atomic E-state index is 0. The Morgan fingerprint density at radius 1 is 1.14 bits per heavy atom. The summed E-state index contributed by atoms with van der Waals surface area (Å²) >= 11 is 0. The molecule has 0 N–H and O–H groups in total. The molecule has 2 aromatic carbocycles. The molecule has 0 aliphatic carbocycles. The predicted octanol–water partition coefficient (Wildman–Crippen LogP) is 4.93. The lowest BCUT2D eigenvalue weighted by molar-refractivity contribution is 0.212. The Morgan fingerprint density at radius 3 is 2.64 bits per heavy atom. The third kappa shape index (κ3) is 3.09. The van der Waals surface area contributed by atoms with Crippen molar-refractivity contribution in [3.63, 3.8) is 0 Å². The summed E-state index contributed by atoms with van der Waals surface area (Å²) in [6, 6.07) is 16.3. The van der Waals surface area contributed by atoms with Gasteiger partial charge >= 0.3 is 0 Å². The van der Waals surface area contributed by atoms with E-state index >= 15 is 0 Å². The van der Waals surface area contributed by atoms with E-state index < -0.39 is 0 Å². The number of halogens is 1. The first-order valence-electron chi connectivity index (χ1n) is 7.37. The van der Waals surface area contributed by atoms with Gasteiger partial charge in [-0.3, -0.25) is 0 Å². The highest BCUT2D eigenvalue weighted by atomic mass is 35.5. The smallest absolute Gasteiger partial charge is 0.153 e. The first kappa shape index (κ1) is 16.4.